The highest BCUT2D eigenvalue weighted by Crippen LogP contribution is 2.46. The van der Waals surface area contributed by atoms with Crippen molar-refractivity contribution < 1.29 is 0 Å². The first-order chi connectivity index (χ1) is 9.24. The molecule has 0 aromatic rings. The molecule has 0 nitrogen and oxygen atoms in total. The van der Waals surface area contributed by atoms with Crippen molar-refractivity contribution in [1.82, 2.24) is 0 Å². The summed E-state index contributed by atoms with van der Waals surface area (Å²) in [4.78, 5) is 0. The van der Waals surface area contributed by atoms with Gasteiger partial charge in [0.2, 0.25) is 0 Å². The maximum absolute atomic E-state index is 2.46. The van der Waals surface area contributed by atoms with Gasteiger partial charge in [-0.2, -0.15) is 0 Å². The summed E-state index contributed by atoms with van der Waals surface area (Å²) in [5.74, 6) is 0. The van der Waals surface area contributed by atoms with E-state index in [1.54, 1.807) is 22.3 Å². The van der Waals surface area contributed by atoms with Gasteiger partial charge >= 0.3 is 0 Å². The molecule has 0 bridgehead atoms. The van der Waals surface area contributed by atoms with Crippen molar-refractivity contribution in [3.8, 4) is 0 Å². The molecule has 0 saturated heterocycles. The number of rotatable bonds is 3. The quantitative estimate of drug-likeness (QED) is 0.495. The minimum Gasteiger partial charge on any atom is -0.0736 e. The summed E-state index contributed by atoms with van der Waals surface area (Å²) in [6, 6.07) is 0. The van der Waals surface area contributed by atoms with Gasteiger partial charge in [0.25, 0.3) is 0 Å². The van der Waals surface area contributed by atoms with Gasteiger partial charge in [-0.05, 0) is 76.0 Å². The molecule has 0 atom stereocenters. The van der Waals surface area contributed by atoms with Crippen LogP contribution in [0.25, 0.3) is 0 Å². The number of hydrogen-bond acceptors (Lipinski definition) is 0. The van der Waals surface area contributed by atoms with Gasteiger partial charge in [0.05, 0.1) is 0 Å². The van der Waals surface area contributed by atoms with Crippen LogP contribution in [-0.4, -0.2) is 0 Å². The Bertz CT molecular complexity index is 387. The molecule has 0 N–H and O–H groups in total. The van der Waals surface area contributed by atoms with Crippen molar-refractivity contribution >= 4 is 0 Å². The average molecular weight is 274 g/mol. The van der Waals surface area contributed by atoms with E-state index in [9.17, 15) is 0 Å². The molecule has 0 spiro atoms. The van der Waals surface area contributed by atoms with Gasteiger partial charge in [-0.25, -0.2) is 0 Å². The van der Waals surface area contributed by atoms with Crippen LogP contribution in [-0.2, 0) is 0 Å². The number of allylic oxidation sites excluding steroid dienone is 4. The lowest BCUT2D eigenvalue weighted by Gasteiger charge is -2.38. The summed E-state index contributed by atoms with van der Waals surface area (Å²) in [7, 11) is 0. The van der Waals surface area contributed by atoms with E-state index < -0.39 is 0 Å². The van der Waals surface area contributed by atoms with E-state index in [2.05, 4.69) is 41.5 Å². The zero-order chi connectivity index (χ0) is 15.0. The highest BCUT2D eigenvalue weighted by atomic mass is 14.4. The Labute approximate surface area is 126 Å². The summed E-state index contributed by atoms with van der Waals surface area (Å²) in [6.07, 6.45) is 10.8. The van der Waals surface area contributed by atoms with Gasteiger partial charge in [0.1, 0.15) is 0 Å². The molecule has 0 saturated carbocycles. The first kappa shape index (κ1) is 15.9. The third-order valence-corrected chi connectivity index (χ3v) is 6.00. The lowest BCUT2D eigenvalue weighted by molar-refractivity contribution is 0.333. The van der Waals surface area contributed by atoms with Crippen LogP contribution in [0.4, 0.5) is 0 Å². The van der Waals surface area contributed by atoms with Crippen molar-refractivity contribution in [3.05, 3.63) is 22.3 Å². The van der Waals surface area contributed by atoms with Crippen molar-refractivity contribution in [2.75, 3.05) is 0 Å². The monoisotopic (exact) mass is 274 g/mol. The van der Waals surface area contributed by atoms with Gasteiger partial charge in [-0.3, -0.25) is 0 Å². The summed E-state index contributed by atoms with van der Waals surface area (Å²) in [5.41, 5.74) is 7.79. The van der Waals surface area contributed by atoms with Gasteiger partial charge in [-0.1, -0.05) is 50.0 Å². The fourth-order valence-corrected chi connectivity index (χ4v) is 4.70. The second-order valence-corrected chi connectivity index (χ2v) is 8.49. The summed E-state index contributed by atoms with van der Waals surface area (Å²) < 4.78 is 0. The van der Waals surface area contributed by atoms with Crippen LogP contribution in [0, 0.1) is 10.8 Å². The lowest BCUT2D eigenvalue weighted by Crippen LogP contribution is -2.23. The van der Waals surface area contributed by atoms with Crippen LogP contribution in [0.3, 0.4) is 0 Å². The van der Waals surface area contributed by atoms with Crippen LogP contribution in [0.15, 0.2) is 22.3 Å². The smallest absolute Gasteiger partial charge is 0.0142 e. The number of hydrogen-bond donors (Lipinski definition) is 0. The molecular weight excluding hydrogens is 240 g/mol. The SMILES string of the molecule is CC1=C(CCC2=C(C)CCCC2(C)C)C(C)(C)CCC1. The standard InChI is InChI=1S/C20H34/c1-15-9-7-13-19(3,4)17(15)11-12-18-16(2)10-8-14-20(18,5)6/h7-14H2,1-6H3. The molecule has 0 aliphatic heterocycles. The van der Waals surface area contributed by atoms with E-state index >= 15 is 0 Å². The van der Waals surface area contributed by atoms with E-state index in [0.29, 0.717) is 10.8 Å². The van der Waals surface area contributed by atoms with Crippen molar-refractivity contribution in [3.63, 3.8) is 0 Å². The molecule has 0 heteroatoms. The Balaban J connectivity index is 2.15. The van der Waals surface area contributed by atoms with Crippen molar-refractivity contribution in [2.24, 2.45) is 10.8 Å². The topological polar surface area (TPSA) is 0 Å². The second-order valence-electron chi connectivity index (χ2n) is 8.49. The Morgan fingerprint density at radius 2 is 1.05 bits per heavy atom. The zero-order valence-corrected chi connectivity index (χ0v) is 14.7. The molecule has 2 rings (SSSR count). The van der Waals surface area contributed by atoms with Crippen LogP contribution < -0.4 is 0 Å². The second kappa shape index (κ2) is 5.70. The average Bonchev–Trinajstić information content (AvgIpc) is 2.30. The van der Waals surface area contributed by atoms with Crippen molar-refractivity contribution in [1.29, 1.82) is 0 Å². The van der Waals surface area contributed by atoms with E-state index in [1.165, 1.54) is 51.4 Å². The van der Waals surface area contributed by atoms with E-state index in [1.807, 2.05) is 0 Å². The molecule has 0 aromatic heterocycles. The van der Waals surface area contributed by atoms with Gasteiger partial charge in [0, 0.05) is 0 Å². The Kier molecular flexibility index (Phi) is 4.52. The zero-order valence-electron chi connectivity index (χ0n) is 14.7. The van der Waals surface area contributed by atoms with Gasteiger partial charge < -0.3 is 0 Å². The van der Waals surface area contributed by atoms with E-state index in [0.717, 1.165) is 0 Å². The molecule has 0 heterocycles. The Hall–Kier alpha value is -0.520. The molecule has 20 heavy (non-hydrogen) atoms. The molecule has 0 aromatic carbocycles. The van der Waals surface area contributed by atoms with Gasteiger partial charge in [-0.15, -0.1) is 0 Å². The third-order valence-electron chi connectivity index (χ3n) is 6.00. The summed E-state index contributed by atoms with van der Waals surface area (Å²) in [5, 5.41) is 0. The van der Waals surface area contributed by atoms with Crippen molar-refractivity contribution in [2.45, 2.75) is 92.9 Å². The molecule has 2 aliphatic carbocycles. The summed E-state index contributed by atoms with van der Waals surface area (Å²) in [6.45, 7) is 14.6. The van der Waals surface area contributed by atoms with Gasteiger partial charge in [0.15, 0.2) is 0 Å². The highest BCUT2D eigenvalue weighted by molar-refractivity contribution is 5.27. The largest absolute Gasteiger partial charge is 0.0736 e. The highest BCUT2D eigenvalue weighted by Gasteiger charge is 2.31. The fourth-order valence-electron chi connectivity index (χ4n) is 4.70. The minimum atomic E-state index is 0.440. The molecule has 2 aliphatic rings. The maximum Gasteiger partial charge on any atom is -0.0142 e. The lowest BCUT2D eigenvalue weighted by atomic mass is 9.67. The molecule has 114 valence electrons. The summed E-state index contributed by atoms with van der Waals surface area (Å²) >= 11 is 0. The Morgan fingerprint density at radius 3 is 1.35 bits per heavy atom. The van der Waals surface area contributed by atoms with Crippen LogP contribution >= 0.6 is 0 Å². The van der Waals surface area contributed by atoms with E-state index in [-0.39, 0.29) is 0 Å². The van der Waals surface area contributed by atoms with Crippen LogP contribution in [0.5, 0.6) is 0 Å². The normalized spacial score (nSPS) is 26.1. The predicted molar refractivity (Wildman–Crippen MR) is 89.9 cm³/mol. The first-order valence-electron chi connectivity index (χ1n) is 8.62. The molecule has 0 fully saturated rings. The maximum atomic E-state index is 2.46. The fraction of sp³-hybridized carbons (Fsp3) is 0.800. The molecule has 0 radical (unpaired) electrons. The molecule has 0 unspecified atom stereocenters. The minimum absolute atomic E-state index is 0.440. The van der Waals surface area contributed by atoms with Crippen LogP contribution in [0.2, 0.25) is 0 Å². The van der Waals surface area contributed by atoms with E-state index in [4.69, 9.17) is 0 Å². The predicted octanol–water partition coefficient (Wildman–Crippen LogP) is 6.82. The Morgan fingerprint density at radius 1 is 0.700 bits per heavy atom. The molecular formula is C20H34. The van der Waals surface area contributed by atoms with Crippen LogP contribution in [0.1, 0.15) is 92.9 Å². The first-order valence-corrected chi connectivity index (χ1v) is 8.62. The molecule has 0 amide bonds. The third kappa shape index (κ3) is 3.21.